The van der Waals surface area contributed by atoms with Gasteiger partial charge in [0, 0.05) is 17.7 Å². The van der Waals surface area contributed by atoms with Crippen LogP contribution in [0.1, 0.15) is 15.9 Å². The van der Waals surface area contributed by atoms with Gasteiger partial charge in [0.25, 0.3) is 23.0 Å². The van der Waals surface area contributed by atoms with Crippen LogP contribution in [0.3, 0.4) is 0 Å². The Morgan fingerprint density at radius 1 is 0.963 bits per heavy atom. The number of rotatable bonds is 6. The first-order valence-electron chi connectivity index (χ1n) is 7.23. The van der Waals surface area contributed by atoms with E-state index in [9.17, 15) is 35.1 Å². The number of hydrogen-bond donors (Lipinski definition) is 1. The van der Waals surface area contributed by atoms with Crippen LogP contribution >= 0.6 is 0 Å². The molecule has 0 atom stereocenters. The Kier molecular flexibility index (Phi) is 5.29. The third-order valence-corrected chi connectivity index (χ3v) is 3.66. The minimum atomic E-state index is -0.869. The van der Waals surface area contributed by atoms with Gasteiger partial charge in [0.05, 0.1) is 45.3 Å². The van der Waals surface area contributed by atoms with Crippen molar-refractivity contribution in [3.05, 3.63) is 71.8 Å². The molecule has 0 fully saturated rings. The molecule has 1 N–H and O–H groups in total. The summed E-state index contributed by atoms with van der Waals surface area (Å²) < 4.78 is 4.99. The molecule has 2 aromatic rings. The monoisotopic (exact) mass is 376 g/mol. The molecule has 0 bridgehead atoms. The summed E-state index contributed by atoms with van der Waals surface area (Å²) in [6.45, 7) is 1.28. The maximum absolute atomic E-state index is 12.5. The number of nitrogens with zero attached hydrogens (tertiary/aromatic N) is 3. The first kappa shape index (κ1) is 19.2. The Labute approximate surface area is 150 Å². The summed E-state index contributed by atoms with van der Waals surface area (Å²) in [5.74, 6) is -0.887. The molecule has 0 aliphatic carbocycles. The lowest BCUT2D eigenvalue weighted by Crippen LogP contribution is -2.15. The van der Waals surface area contributed by atoms with E-state index in [0.29, 0.717) is 0 Å². The Hall–Kier alpha value is -4.09. The van der Waals surface area contributed by atoms with E-state index >= 15 is 0 Å². The van der Waals surface area contributed by atoms with Gasteiger partial charge in [-0.25, -0.2) is 0 Å². The highest BCUT2D eigenvalue weighted by Gasteiger charge is 2.25. The molecule has 27 heavy (non-hydrogen) atoms. The smallest absolute Gasteiger partial charge is 0.279 e. The van der Waals surface area contributed by atoms with Gasteiger partial charge >= 0.3 is 0 Å². The molecule has 0 aromatic heterocycles. The van der Waals surface area contributed by atoms with Crippen LogP contribution in [-0.4, -0.2) is 27.8 Å². The number of carbonyl (C=O) groups excluding carboxylic acids is 1. The molecule has 0 spiro atoms. The van der Waals surface area contributed by atoms with E-state index in [4.69, 9.17) is 4.74 Å². The lowest BCUT2D eigenvalue weighted by molar-refractivity contribution is -0.394. The normalized spacial score (nSPS) is 10.1. The van der Waals surface area contributed by atoms with Crippen LogP contribution in [0.15, 0.2) is 30.3 Å². The third-order valence-electron chi connectivity index (χ3n) is 3.66. The van der Waals surface area contributed by atoms with E-state index in [1.165, 1.54) is 20.1 Å². The second-order valence-electron chi connectivity index (χ2n) is 5.25. The fourth-order valence-electron chi connectivity index (χ4n) is 2.30. The van der Waals surface area contributed by atoms with E-state index in [2.05, 4.69) is 5.32 Å². The van der Waals surface area contributed by atoms with E-state index in [1.54, 1.807) is 0 Å². The van der Waals surface area contributed by atoms with E-state index in [0.717, 1.165) is 24.3 Å². The molecule has 0 radical (unpaired) electrons. The van der Waals surface area contributed by atoms with Crippen LogP contribution in [0.25, 0.3) is 0 Å². The molecule has 0 saturated carbocycles. The third kappa shape index (κ3) is 3.95. The van der Waals surface area contributed by atoms with Crippen molar-refractivity contribution >= 4 is 28.7 Å². The highest BCUT2D eigenvalue weighted by atomic mass is 16.6. The Balaban J connectivity index is 2.48. The van der Waals surface area contributed by atoms with Gasteiger partial charge in [0.15, 0.2) is 0 Å². The zero-order valence-corrected chi connectivity index (χ0v) is 14.0. The minimum Gasteiger partial charge on any atom is -0.494 e. The van der Waals surface area contributed by atoms with Gasteiger partial charge in [-0.3, -0.25) is 35.1 Å². The standard InChI is InChI=1S/C15H12N4O8/c1-8-11(5-10(18(23)24)6-13(8)19(25)26)15(20)16-12-4-3-9(17(21)22)7-14(12)27-2/h3-7H,1-2H3,(H,16,20). The minimum absolute atomic E-state index is 0.0184. The van der Waals surface area contributed by atoms with Crippen molar-refractivity contribution in [1.29, 1.82) is 0 Å². The number of anilines is 1. The van der Waals surface area contributed by atoms with Crippen molar-refractivity contribution in [1.82, 2.24) is 0 Å². The Bertz CT molecular complexity index is 973. The number of amides is 1. The van der Waals surface area contributed by atoms with Crippen molar-refractivity contribution < 1.29 is 24.3 Å². The summed E-state index contributed by atoms with van der Waals surface area (Å²) in [6, 6.07) is 5.10. The number of nitro groups is 3. The fraction of sp³-hybridized carbons (Fsp3) is 0.133. The van der Waals surface area contributed by atoms with Crippen molar-refractivity contribution in [2.45, 2.75) is 6.92 Å². The number of nitro benzene ring substituents is 3. The molecular formula is C15H12N4O8. The molecule has 1 amide bonds. The molecule has 140 valence electrons. The lowest BCUT2D eigenvalue weighted by Gasteiger charge is -2.11. The van der Waals surface area contributed by atoms with Gasteiger partial charge < -0.3 is 10.1 Å². The topological polar surface area (TPSA) is 168 Å². The summed E-state index contributed by atoms with van der Waals surface area (Å²) in [7, 11) is 1.23. The summed E-state index contributed by atoms with van der Waals surface area (Å²) in [5, 5.41) is 35.3. The molecule has 12 heteroatoms. The molecule has 12 nitrogen and oxygen atoms in total. The average Bonchev–Trinajstić information content (AvgIpc) is 2.61. The average molecular weight is 376 g/mol. The molecule has 0 unspecified atom stereocenters. The van der Waals surface area contributed by atoms with Crippen molar-refractivity contribution in [3.63, 3.8) is 0 Å². The first-order chi connectivity index (χ1) is 12.6. The number of methoxy groups -OCH3 is 1. The fourth-order valence-corrected chi connectivity index (χ4v) is 2.30. The summed E-state index contributed by atoms with van der Waals surface area (Å²) in [4.78, 5) is 43.1. The molecule has 2 rings (SSSR count). The van der Waals surface area contributed by atoms with Crippen molar-refractivity contribution in [2.24, 2.45) is 0 Å². The second-order valence-corrected chi connectivity index (χ2v) is 5.25. The summed E-state index contributed by atoms with van der Waals surface area (Å²) in [6.07, 6.45) is 0. The molecule has 0 aliphatic heterocycles. The van der Waals surface area contributed by atoms with Gasteiger partial charge in [0.1, 0.15) is 5.75 Å². The van der Waals surface area contributed by atoms with Crippen LogP contribution < -0.4 is 10.1 Å². The van der Waals surface area contributed by atoms with E-state index in [-0.39, 0.29) is 28.3 Å². The zero-order valence-electron chi connectivity index (χ0n) is 14.0. The van der Waals surface area contributed by atoms with Crippen LogP contribution in [0, 0.1) is 37.3 Å². The largest absolute Gasteiger partial charge is 0.494 e. The number of hydrogen-bond acceptors (Lipinski definition) is 8. The molecule has 0 heterocycles. The second kappa shape index (κ2) is 7.43. The molecule has 0 aliphatic rings. The van der Waals surface area contributed by atoms with Gasteiger partial charge in [-0.1, -0.05) is 0 Å². The predicted molar refractivity (Wildman–Crippen MR) is 92.1 cm³/mol. The van der Waals surface area contributed by atoms with Gasteiger partial charge in [-0.05, 0) is 13.0 Å². The lowest BCUT2D eigenvalue weighted by atomic mass is 10.0. The summed E-state index contributed by atoms with van der Waals surface area (Å²) in [5.41, 5.74) is -1.76. The Morgan fingerprint density at radius 2 is 1.59 bits per heavy atom. The molecule has 0 saturated heterocycles. The van der Waals surface area contributed by atoms with Crippen molar-refractivity contribution in [3.8, 4) is 5.75 Å². The highest BCUT2D eigenvalue weighted by Crippen LogP contribution is 2.32. The number of carbonyl (C=O) groups is 1. The highest BCUT2D eigenvalue weighted by molar-refractivity contribution is 6.07. The SMILES string of the molecule is COc1cc([N+](=O)[O-])ccc1NC(=O)c1cc([N+](=O)[O-])cc([N+](=O)[O-])c1C. The number of nitrogens with one attached hydrogen (secondary N) is 1. The summed E-state index contributed by atoms with van der Waals surface area (Å²) >= 11 is 0. The first-order valence-corrected chi connectivity index (χ1v) is 7.23. The van der Waals surface area contributed by atoms with Gasteiger partial charge in [-0.2, -0.15) is 0 Å². The molecular weight excluding hydrogens is 364 g/mol. The quantitative estimate of drug-likeness (QED) is 0.592. The molecule has 2 aromatic carbocycles. The number of non-ortho nitro benzene ring substituents is 2. The van der Waals surface area contributed by atoms with Crippen LogP contribution in [0.4, 0.5) is 22.7 Å². The maximum atomic E-state index is 12.5. The number of ether oxygens (including phenoxy) is 1. The van der Waals surface area contributed by atoms with Crippen LogP contribution in [0.2, 0.25) is 0 Å². The van der Waals surface area contributed by atoms with Crippen LogP contribution in [-0.2, 0) is 0 Å². The zero-order chi connectivity index (χ0) is 20.3. The van der Waals surface area contributed by atoms with Crippen molar-refractivity contribution in [2.75, 3.05) is 12.4 Å². The van der Waals surface area contributed by atoms with Gasteiger partial charge in [0.2, 0.25) is 0 Å². The maximum Gasteiger partial charge on any atom is 0.279 e. The predicted octanol–water partition coefficient (Wildman–Crippen LogP) is 2.98. The Morgan fingerprint density at radius 3 is 2.11 bits per heavy atom. The van der Waals surface area contributed by atoms with E-state index in [1.807, 2.05) is 0 Å². The van der Waals surface area contributed by atoms with Crippen LogP contribution in [0.5, 0.6) is 5.75 Å². The van der Waals surface area contributed by atoms with E-state index < -0.39 is 32.1 Å². The number of benzene rings is 2. The van der Waals surface area contributed by atoms with Gasteiger partial charge in [-0.15, -0.1) is 0 Å².